The first-order chi connectivity index (χ1) is 12.1. The van der Waals surface area contributed by atoms with Gasteiger partial charge in [0.2, 0.25) is 5.91 Å². The Morgan fingerprint density at radius 3 is 2.84 bits per heavy atom. The van der Waals surface area contributed by atoms with Crippen LogP contribution in [0.4, 0.5) is 13.9 Å². The number of nitrogens with zero attached hydrogens (tertiary/aromatic N) is 4. The SMILES string of the molecule is O=C1CN(c2nc3cnccc3s2)CCN1Cc1ccc(F)cc1F. The number of carbonyl (C=O) groups is 1. The highest BCUT2D eigenvalue weighted by Crippen LogP contribution is 2.29. The highest BCUT2D eigenvalue weighted by molar-refractivity contribution is 7.22. The molecule has 0 unspecified atom stereocenters. The summed E-state index contributed by atoms with van der Waals surface area (Å²) < 4.78 is 27.8. The summed E-state index contributed by atoms with van der Waals surface area (Å²) in [4.78, 5) is 24.5. The van der Waals surface area contributed by atoms with Crippen molar-refractivity contribution >= 4 is 32.6 Å². The first kappa shape index (κ1) is 15.9. The van der Waals surface area contributed by atoms with Gasteiger partial charge in [-0.2, -0.15) is 0 Å². The maximum atomic E-state index is 13.8. The number of piperazine rings is 1. The minimum absolute atomic E-state index is 0.104. The van der Waals surface area contributed by atoms with Crippen LogP contribution >= 0.6 is 11.3 Å². The summed E-state index contributed by atoms with van der Waals surface area (Å²) in [6, 6.07) is 5.32. The monoisotopic (exact) mass is 360 g/mol. The largest absolute Gasteiger partial charge is 0.337 e. The number of thiazole rings is 1. The maximum Gasteiger partial charge on any atom is 0.242 e. The third-order valence-electron chi connectivity index (χ3n) is 4.14. The highest BCUT2D eigenvalue weighted by Gasteiger charge is 2.26. The molecular weight excluding hydrogens is 346 g/mol. The molecule has 0 aliphatic carbocycles. The van der Waals surface area contributed by atoms with Crippen molar-refractivity contribution in [1.82, 2.24) is 14.9 Å². The lowest BCUT2D eigenvalue weighted by Gasteiger charge is -2.34. The van der Waals surface area contributed by atoms with Crippen LogP contribution in [-0.4, -0.2) is 40.4 Å². The quantitative estimate of drug-likeness (QED) is 0.721. The summed E-state index contributed by atoms with van der Waals surface area (Å²) >= 11 is 1.52. The highest BCUT2D eigenvalue weighted by atomic mass is 32.1. The van der Waals surface area contributed by atoms with E-state index in [1.807, 2.05) is 11.0 Å². The van der Waals surface area contributed by atoms with Gasteiger partial charge in [-0.3, -0.25) is 9.78 Å². The van der Waals surface area contributed by atoms with E-state index < -0.39 is 11.6 Å². The summed E-state index contributed by atoms with van der Waals surface area (Å²) in [5, 5.41) is 0.781. The Morgan fingerprint density at radius 1 is 1.20 bits per heavy atom. The number of anilines is 1. The molecule has 0 radical (unpaired) electrons. The number of rotatable bonds is 3. The third kappa shape index (κ3) is 3.17. The molecule has 1 aliphatic heterocycles. The van der Waals surface area contributed by atoms with Crippen molar-refractivity contribution in [3.05, 3.63) is 53.9 Å². The van der Waals surface area contributed by atoms with Gasteiger partial charge < -0.3 is 9.80 Å². The molecule has 0 bridgehead atoms. The number of carbonyl (C=O) groups excluding carboxylic acids is 1. The van der Waals surface area contributed by atoms with Crippen molar-refractivity contribution in [2.75, 3.05) is 24.5 Å². The number of benzene rings is 1. The van der Waals surface area contributed by atoms with Crippen molar-refractivity contribution in [2.45, 2.75) is 6.54 Å². The summed E-state index contributed by atoms with van der Waals surface area (Å²) in [7, 11) is 0. The summed E-state index contributed by atoms with van der Waals surface area (Å²) in [6.07, 6.45) is 3.41. The number of pyridine rings is 1. The van der Waals surface area contributed by atoms with Crippen LogP contribution in [0, 0.1) is 11.6 Å². The topological polar surface area (TPSA) is 49.3 Å². The summed E-state index contributed by atoms with van der Waals surface area (Å²) in [5.41, 5.74) is 1.13. The zero-order valence-electron chi connectivity index (χ0n) is 13.2. The molecule has 1 fully saturated rings. The first-order valence-corrected chi connectivity index (χ1v) is 8.59. The fourth-order valence-corrected chi connectivity index (χ4v) is 3.76. The van der Waals surface area contributed by atoms with Crippen molar-refractivity contribution in [1.29, 1.82) is 0 Å². The lowest BCUT2D eigenvalue weighted by atomic mass is 10.1. The maximum absolute atomic E-state index is 13.8. The Hall–Kier alpha value is -2.61. The average molecular weight is 360 g/mol. The van der Waals surface area contributed by atoms with Gasteiger partial charge >= 0.3 is 0 Å². The zero-order chi connectivity index (χ0) is 17.4. The van der Waals surface area contributed by atoms with E-state index in [1.54, 1.807) is 17.3 Å². The van der Waals surface area contributed by atoms with Gasteiger partial charge in [0.1, 0.15) is 17.2 Å². The molecule has 1 amide bonds. The molecule has 3 heterocycles. The van der Waals surface area contributed by atoms with E-state index in [9.17, 15) is 13.6 Å². The van der Waals surface area contributed by atoms with Gasteiger partial charge in [0.25, 0.3) is 0 Å². The lowest BCUT2D eigenvalue weighted by molar-refractivity contribution is -0.131. The number of hydrogen-bond acceptors (Lipinski definition) is 5. The van der Waals surface area contributed by atoms with Gasteiger partial charge in [0.15, 0.2) is 5.13 Å². The number of halogens is 2. The van der Waals surface area contributed by atoms with E-state index in [0.29, 0.717) is 18.7 Å². The second kappa shape index (κ2) is 6.36. The molecule has 1 aliphatic rings. The number of hydrogen-bond donors (Lipinski definition) is 0. The van der Waals surface area contributed by atoms with E-state index >= 15 is 0 Å². The number of aromatic nitrogens is 2. The zero-order valence-corrected chi connectivity index (χ0v) is 14.0. The van der Waals surface area contributed by atoms with E-state index in [1.165, 1.54) is 23.5 Å². The van der Waals surface area contributed by atoms with E-state index in [-0.39, 0.29) is 19.0 Å². The Morgan fingerprint density at radius 2 is 2.08 bits per heavy atom. The molecule has 1 saturated heterocycles. The van der Waals surface area contributed by atoms with Gasteiger partial charge in [0.05, 0.1) is 17.4 Å². The van der Waals surface area contributed by atoms with Crippen LogP contribution in [0.1, 0.15) is 5.56 Å². The molecule has 0 spiro atoms. The molecule has 4 rings (SSSR count). The Bertz CT molecular complexity index is 912. The fraction of sp³-hybridized carbons (Fsp3) is 0.235. The minimum Gasteiger partial charge on any atom is -0.337 e. The normalized spacial score (nSPS) is 15.2. The summed E-state index contributed by atoms with van der Waals surface area (Å²) in [6.45, 7) is 1.41. The fourth-order valence-electron chi connectivity index (χ4n) is 2.80. The van der Waals surface area contributed by atoms with Gasteiger partial charge in [0, 0.05) is 37.5 Å². The van der Waals surface area contributed by atoms with Crippen LogP contribution in [0.2, 0.25) is 0 Å². The second-order valence-corrected chi connectivity index (χ2v) is 6.82. The minimum atomic E-state index is -0.631. The Balaban J connectivity index is 1.47. The predicted octanol–water partition coefficient (Wildman–Crippen LogP) is 2.82. The van der Waals surface area contributed by atoms with Crippen molar-refractivity contribution in [2.24, 2.45) is 0 Å². The predicted molar refractivity (Wildman–Crippen MR) is 91.4 cm³/mol. The smallest absolute Gasteiger partial charge is 0.242 e. The van der Waals surface area contributed by atoms with E-state index in [2.05, 4.69) is 9.97 Å². The van der Waals surface area contributed by atoms with Gasteiger partial charge in [-0.05, 0) is 12.1 Å². The number of fused-ring (bicyclic) bond motifs is 1. The van der Waals surface area contributed by atoms with Crippen LogP contribution < -0.4 is 4.90 Å². The average Bonchev–Trinajstić information content (AvgIpc) is 3.03. The third-order valence-corrected chi connectivity index (χ3v) is 5.24. The number of amides is 1. The molecule has 0 N–H and O–H groups in total. The van der Waals surface area contributed by atoms with E-state index in [0.717, 1.165) is 21.4 Å². The molecule has 1 aromatic carbocycles. The van der Waals surface area contributed by atoms with E-state index in [4.69, 9.17) is 0 Å². The molecule has 3 aromatic rings. The van der Waals surface area contributed by atoms with Crippen molar-refractivity contribution in [3.63, 3.8) is 0 Å². The molecular formula is C17H14F2N4OS. The van der Waals surface area contributed by atoms with Gasteiger partial charge in [-0.15, -0.1) is 0 Å². The molecule has 5 nitrogen and oxygen atoms in total. The Labute approximate surface area is 146 Å². The van der Waals surface area contributed by atoms with Crippen LogP contribution in [-0.2, 0) is 11.3 Å². The van der Waals surface area contributed by atoms with Crippen LogP contribution in [0.3, 0.4) is 0 Å². The Kier molecular flexibility index (Phi) is 4.04. The van der Waals surface area contributed by atoms with Crippen molar-refractivity contribution in [3.8, 4) is 0 Å². The molecule has 2 aromatic heterocycles. The molecule has 0 atom stereocenters. The van der Waals surface area contributed by atoms with Crippen LogP contribution in [0.5, 0.6) is 0 Å². The lowest BCUT2D eigenvalue weighted by Crippen LogP contribution is -2.50. The van der Waals surface area contributed by atoms with Crippen LogP contribution in [0.25, 0.3) is 10.2 Å². The van der Waals surface area contributed by atoms with Gasteiger partial charge in [-0.25, -0.2) is 13.8 Å². The van der Waals surface area contributed by atoms with Crippen LogP contribution in [0.15, 0.2) is 36.7 Å². The molecule has 0 saturated carbocycles. The second-order valence-electron chi connectivity index (χ2n) is 5.81. The molecule has 25 heavy (non-hydrogen) atoms. The first-order valence-electron chi connectivity index (χ1n) is 7.77. The molecule has 8 heteroatoms. The summed E-state index contributed by atoms with van der Waals surface area (Å²) in [5.74, 6) is -1.36. The standard InChI is InChI=1S/C17H14F2N4OS/c18-12-2-1-11(13(19)7-12)9-22-5-6-23(10-16(22)24)17-21-14-8-20-4-3-15(14)25-17/h1-4,7-8H,5-6,9-10H2. The van der Waals surface area contributed by atoms with Crippen molar-refractivity contribution < 1.29 is 13.6 Å². The van der Waals surface area contributed by atoms with Gasteiger partial charge in [-0.1, -0.05) is 17.4 Å². The molecule has 128 valence electrons.